The predicted molar refractivity (Wildman–Crippen MR) is 66.2 cm³/mol. The van der Waals surface area contributed by atoms with E-state index >= 15 is 0 Å². The predicted octanol–water partition coefficient (Wildman–Crippen LogP) is 2.78. The largest absolute Gasteiger partial charge is 0.387 e. The summed E-state index contributed by atoms with van der Waals surface area (Å²) < 4.78 is 12.8. The van der Waals surface area contributed by atoms with Crippen molar-refractivity contribution in [1.29, 1.82) is 0 Å². The zero-order valence-corrected chi connectivity index (χ0v) is 10.2. The highest BCUT2D eigenvalue weighted by Gasteiger charge is 2.26. The van der Waals surface area contributed by atoms with E-state index in [-0.39, 0.29) is 11.9 Å². The molecule has 17 heavy (non-hydrogen) atoms. The Morgan fingerprint density at radius 2 is 2.06 bits per heavy atom. The molecule has 0 saturated carbocycles. The molecule has 0 spiro atoms. The number of aliphatic hydroxyl groups is 1. The van der Waals surface area contributed by atoms with Crippen molar-refractivity contribution < 1.29 is 9.50 Å². The van der Waals surface area contributed by atoms with Gasteiger partial charge in [0.15, 0.2) is 0 Å². The zero-order valence-electron chi connectivity index (χ0n) is 10.2. The fourth-order valence-electron chi connectivity index (χ4n) is 2.52. The number of hydrogen-bond acceptors (Lipinski definition) is 2. The van der Waals surface area contributed by atoms with E-state index in [0.717, 1.165) is 24.8 Å². The monoisotopic (exact) mass is 237 g/mol. The van der Waals surface area contributed by atoms with E-state index in [2.05, 4.69) is 12.2 Å². The summed E-state index contributed by atoms with van der Waals surface area (Å²) >= 11 is 0. The van der Waals surface area contributed by atoms with Crippen LogP contribution >= 0.6 is 0 Å². The highest BCUT2D eigenvalue weighted by atomic mass is 19.1. The van der Waals surface area contributed by atoms with Crippen LogP contribution in [-0.4, -0.2) is 17.2 Å². The van der Waals surface area contributed by atoms with Gasteiger partial charge in [-0.25, -0.2) is 4.39 Å². The minimum atomic E-state index is -0.537. The minimum absolute atomic E-state index is 0.0964. The molecule has 0 aromatic heterocycles. The third-order valence-electron chi connectivity index (χ3n) is 3.60. The van der Waals surface area contributed by atoms with Crippen LogP contribution in [0.5, 0.6) is 0 Å². The maximum atomic E-state index is 12.8. The summed E-state index contributed by atoms with van der Waals surface area (Å²) in [6.07, 6.45) is 3.86. The summed E-state index contributed by atoms with van der Waals surface area (Å²) in [6, 6.07) is 6.73. The number of nitrogens with one attached hydrogen (secondary N) is 1. The number of hydrogen-bond donors (Lipinski definition) is 2. The molecule has 1 fully saturated rings. The first-order valence-electron chi connectivity index (χ1n) is 6.40. The maximum absolute atomic E-state index is 12.8. The second kappa shape index (κ2) is 5.61. The smallest absolute Gasteiger partial charge is 0.123 e. The third-order valence-corrected chi connectivity index (χ3v) is 3.60. The molecule has 1 saturated heterocycles. The second-order valence-electron chi connectivity index (χ2n) is 4.81. The number of aliphatic hydroxyl groups excluding tert-OH is 1. The number of rotatable bonds is 3. The molecule has 1 aromatic carbocycles. The zero-order chi connectivity index (χ0) is 12.3. The molecule has 0 amide bonds. The average molecular weight is 237 g/mol. The SMILES string of the molecule is CC[C@H]1CCC[C@H]([C@@H](O)c2ccc(F)cc2)N1. The molecule has 0 bridgehead atoms. The van der Waals surface area contributed by atoms with Gasteiger partial charge in [-0.05, 0) is 37.0 Å². The Labute approximate surface area is 102 Å². The lowest BCUT2D eigenvalue weighted by Gasteiger charge is -2.33. The van der Waals surface area contributed by atoms with Crippen molar-refractivity contribution >= 4 is 0 Å². The van der Waals surface area contributed by atoms with Gasteiger partial charge in [0, 0.05) is 12.1 Å². The Morgan fingerprint density at radius 3 is 2.71 bits per heavy atom. The van der Waals surface area contributed by atoms with Gasteiger partial charge in [-0.15, -0.1) is 0 Å². The van der Waals surface area contributed by atoms with Crippen molar-refractivity contribution in [3.05, 3.63) is 35.6 Å². The molecule has 3 atom stereocenters. The van der Waals surface area contributed by atoms with Crippen LogP contribution in [0.4, 0.5) is 4.39 Å². The van der Waals surface area contributed by atoms with Crippen LogP contribution in [0.1, 0.15) is 44.3 Å². The molecule has 0 radical (unpaired) electrons. The fraction of sp³-hybridized carbons (Fsp3) is 0.571. The van der Waals surface area contributed by atoms with E-state index in [1.165, 1.54) is 18.6 Å². The van der Waals surface area contributed by atoms with Crippen LogP contribution in [0.3, 0.4) is 0 Å². The summed E-state index contributed by atoms with van der Waals surface area (Å²) in [7, 11) is 0. The molecule has 0 unspecified atom stereocenters. The Morgan fingerprint density at radius 1 is 1.35 bits per heavy atom. The van der Waals surface area contributed by atoms with Gasteiger partial charge in [-0.2, -0.15) is 0 Å². The molecule has 1 heterocycles. The number of piperidine rings is 1. The maximum Gasteiger partial charge on any atom is 0.123 e. The fourth-order valence-corrected chi connectivity index (χ4v) is 2.52. The summed E-state index contributed by atoms with van der Waals surface area (Å²) in [4.78, 5) is 0. The Hall–Kier alpha value is -0.930. The summed E-state index contributed by atoms with van der Waals surface area (Å²) in [5.74, 6) is -0.260. The van der Waals surface area contributed by atoms with Gasteiger partial charge in [0.2, 0.25) is 0 Å². The van der Waals surface area contributed by atoms with Crippen LogP contribution in [0.25, 0.3) is 0 Å². The van der Waals surface area contributed by atoms with Gasteiger partial charge in [0.1, 0.15) is 5.82 Å². The standard InChI is InChI=1S/C14H20FNO/c1-2-12-4-3-5-13(16-12)14(17)10-6-8-11(15)9-7-10/h6-9,12-14,16-17H,2-5H2,1H3/t12-,13+,14-/m0/s1. The molecule has 1 aromatic rings. The normalized spacial score (nSPS) is 26.8. The van der Waals surface area contributed by atoms with Gasteiger partial charge < -0.3 is 10.4 Å². The lowest BCUT2D eigenvalue weighted by atomic mass is 9.91. The van der Waals surface area contributed by atoms with Crippen molar-refractivity contribution in [2.75, 3.05) is 0 Å². The Balaban J connectivity index is 2.03. The highest BCUT2D eigenvalue weighted by molar-refractivity contribution is 5.20. The van der Waals surface area contributed by atoms with Crippen molar-refractivity contribution in [2.45, 2.75) is 50.8 Å². The van der Waals surface area contributed by atoms with E-state index < -0.39 is 6.10 Å². The first-order valence-corrected chi connectivity index (χ1v) is 6.40. The lowest BCUT2D eigenvalue weighted by Crippen LogP contribution is -2.45. The van der Waals surface area contributed by atoms with Crippen LogP contribution in [-0.2, 0) is 0 Å². The van der Waals surface area contributed by atoms with Gasteiger partial charge >= 0.3 is 0 Å². The van der Waals surface area contributed by atoms with E-state index in [4.69, 9.17) is 0 Å². The summed E-state index contributed by atoms with van der Waals surface area (Å²) in [5.41, 5.74) is 0.792. The molecule has 1 aliphatic rings. The first kappa shape index (κ1) is 12.5. The molecule has 94 valence electrons. The van der Waals surface area contributed by atoms with Gasteiger partial charge in [-0.1, -0.05) is 25.5 Å². The second-order valence-corrected chi connectivity index (χ2v) is 4.81. The average Bonchev–Trinajstić information content (AvgIpc) is 2.39. The molecule has 2 rings (SSSR count). The van der Waals surface area contributed by atoms with E-state index in [9.17, 15) is 9.50 Å². The van der Waals surface area contributed by atoms with E-state index in [0.29, 0.717) is 6.04 Å². The van der Waals surface area contributed by atoms with Crippen molar-refractivity contribution in [3.8, 4) is 0 Å². The lowest BCUT2D eigenvalue weighted by molar-refractivity contribution is 0.101. The quantitative estimate of drug-likeness (QED) is 0.847. The van der Waals surface area contributed by atoms with Gasteiger partial charge in [0.05, 0.1) is 6.10 Å². The van der Waals surface area contributed by atoms with Crippen LogP contribution < -0.4 is 5.32 Å². The third kappa shape index (κ3) is 3.05. The van der Waals surface area contributed by atoms with Crippen molar-refractivity contribution in [1.82, 2.24) is 5.32 Å². The Kier molecular flexibility index (Phi) is 4.13. The van der Waals surface area contributed by atoms with Gasteiger partial charge in [0.25, 0.3) is 0 Å². The molecule has 1 aliphatic heterocycles. The van der Waals surface area contributed by atoms with Gasteiger partial charge in [-0.3, -0.25) is 0 Å². The Bertz CT molecular complexity index is 352. The van der Waals surface area contributed by atoms with Crippen LogP contribution in [0.15, 0.2) is 24.3 Å². The topological polar surface area (TPSA) is 32.3 Å². The molecule has 2 nitrogen and oxygen atoms in total. The van der Waals surface area contributed by atoms with E-state index in [1.54, 1.807) is 12.1 Å². The number of halogens is 1. The molecule has 3 heteroatoms. The molecular formula is C14H20FNO. The van der Waals surface area contributed by atoms with E-state index in [1.807, 2.05) is 0 Å². The molecule has 2 N–H and O–H groups in total. The summed E-state index contributed by atoms with van der Waals surface area (Å²) in [6.45, 7) is 2.16. The van der Waals surface area contributed by atoms with Crippen LogP contribution in [0.2, 0.25) is 0 Å². The molecule has 0 aliphatic carbocycles. The summed E-state index contributed by atoms with van der Waals surface area (Å²) in [5, 5.41) is 13.7. The van der Waals surface area contributed by atoms with Crippen LogP contribution in [0, 0.1) is 5.82 Å². The van der Waals surface area contributed by atoms with Crippen molar-refractivity contribution in [2.24, 2.45) is 0 Å². The highest BCUT2D eigenvalue weighted by Crippen LogP contribution is 2.25. The first-order chi connectivity index (χ1) is 8.20. The number of benzene rings is 1. The van der Waals surface area contributed by atoms with Crippen molar-refractivity contribution in [3.63, 3.8) is 0 Å². The minimum Gasteiger partial charge on any atom is -0.387 e. The molecular weight excluding hydrogens is 217 g/mol.